The van der Waals surface area contributed by atoms with Crippen LogP contribution in [-0.4, -0.2) is 61.6 Å². The van der Waals surface area contributed by atoms with Crippen LogP contribution in [-0.2, 0) is 19.5 Å². The Morgan fingerprint density at radius 2 is 1.90 bits per heavy atom. The number of carbonyl (C=O) groups is 1. The highest BCUT2D eigenvalue weighted by Crippen LogP contribution is 2.21. The summed E-state index contributed by atoms with van der Waals surface area (Å²) in [5, 5.41) is 19.9. The maximum absolute atomic E-state index is 12.8. The van der Waals surface area contributed by atoms with Crippen molar-refractivity contribution >= 4 is 11.6 Å². The van der Waals surface area contributed by atoms with E-state index in [1.54, 1.807) is 24.0 Å². The van der Waals surface area contributed by atoms with Crippen LogP contribution in [0.1, 0.15) is 46.8 Å². The molecule has 2 aliphatic rings. The summed E-state index contributed by atoms with van der Waals surface area (Å²) in [7, 11) is 0. The van der Waals surface area contributed by atoms with Crippen molar-refractivity contribution in [1.29, 1.82) is 0 Å². The van der Waals surface area contributed by atoms with Crippen molar-refractivity contribution in [2.75, 3.05) is 26.2 Å². The van der Waals surface area contributed by atoms with Gasteiger partial charge in [-0.2, -0.15) is 0 Å². The van der Waals surface area contributed by atoms with E-state index in [-0.39, 0.29) is 11.6 Å². The van der Waals surface area contributed by atoms with E-state index < -0.39 is 4.92 Å². The van der Waals surface area contributed by atoms with Crippen molar-refractivity contribution in [3.05, 3.63) is 51.1 Å². The summed E-state index contributed by atoms with van der Waals surface area (Å²) in [5.41, 5.74) is 0.921. The van der Waals surface area contributed by atoms with Gasteiger partial charge in [0, 0.05) is 56.3 Å². The third-order valence-corrected chi connectivity index (χ3v) is 5.86. The zero-order valence-electron chi connectivity index (χ0n) is 16.7. The van der Waals surface area contributed by atoms with Gasteiger partial charge in [0.25, 0.3) is 11.6 Å². The minimum Gasteiger partial charge on any atom is -0.336 e. The van der Waals surface area contributed by atoms with E-state index in [1.807, 2.05) is 0 Å². The number of fused-ring (bicyclic) bond motifs is 1. The quantitative estimate of drug-likeness (QED) is 0.578. The van der Waals surface area contributed by atoms with Crippen LogP contribution in [0.2, 0.25) is 0 Å². The lowest BCUT2D eigenvalue weighted by Gasteiger charge is -2.34. The molecule has 1 fully saturated rings. The van der Waals surface area contributed by atoms with Crippen LogP contribution in [0.15, 0.2) is 18.2 Å². The first-order valence-electron chi connectivity index (χ1n) is 10.2. The molecule has 154 valence electrons. The predicted molar refractivity (Wildman–Crippen MR) is 107 cm³/mol. The summed E-state index contributed by atoms with van der Waals surface area (Å²) in [6, 6.07) is 4.69. The van der Waals surface area contributed by atoms with E-state index in [1.165, 1.54) is 25.3 Å². The molecular weight excluding hydrogens is 372 g/mol. The monoisotopic (exact) mass is 398 g/mol. The van der Waals surface area contributed by atoms with Gasteiger partial charge in [-0.25, -0.2) is 0 Å². The van der Waals surface area contributed by atoms with Gasteiger partial charge in [-0.05, 0) is 25.8 Å². The highest BCUT2D eigenvalue weighted by Gasteiger charge is 2.25. The molecular formula is C20H26N6O3. The molecule has 0 saturated carbocycles. The molecule has 29 heavy (non-hydrogen) atoms. The van der Waals surface area contributed by atoms with Crippen molar-refractivity contribution < 1.29 is 9.72 Å². The number of hydrogen-bond acceptors (Lipinski definition) is 6. The maximum Gasteiger partial charge on any atom is 0.273 e. The summed E-state index contributed by atoms with van der Waals surface area (Å²) >= 11 is 0. The third-order valence-electron chi connectivity index (χ3n) is 5.86. The number of hydrogen-bond donors (Lipinski definition) is 0. The number of amides is 1. The van der Waals surface area contributed by atoms with Crippen molar-refractivity contribution in [2.24, 2.45) is 0 Å². The molecule has 1 aromatic heterocycles. The van der Waals surface area contributed by atoms with Gasteiger partial charge in [0.15, 0.2) is 0 Å². The number of aryl methyl sites for hydroxylation is 2. The van der Waals surface area contributed by atoms with Crippen LogP contribution in [0.4, 0.5) is 5.69 Å². The van der Waals surface area contributed by atoms with Gasteiger partial charge in [0.05, 0.1) is 11.5 Å². The van der Waals surface area contributed by atoms with Crippen LogP contribution in [0, 0.1) is 17.0 Å². The van der Waals surface area contributed by atoms with Crippen molar-refractivity contribution in [3.8, 4) is 0 Å². The molecule has 9 heteroatoms. The molecule has 2 aromatic rings. The summed E-state index contributed by atoms with van der Waals surface area (Å²) in [5.74, 6) is 1.95. The summed E-state index contributed by atoms with van der Waals surface area (Å²) < 4.78 is 2.26. The number of nitro groups is 1. The highest BCUT2D eigenvalue weighted by atomic mass is 16.6. The van der Waals surface area contributed by atoms with Crippen LogP contribution < -0.4 is 0 Å². The molecule has 1 amide bonds. The van der Waals surface area contributed by atoms with Crippen molar-refractivity contribution in [2.45, 2.75) is 45.7 Å². The summed E-state index contributed by atoms with van der Waals surface area (Å²) in [6.07, 6.45) is 4.58. The highest BCUT2D eigenvalue weighted by molar-refractivity contribution is 5.95. The second-order valence-electron chi connectivity index (χ2n) is 7.82. The topological polar surface area (TPSA) is 97.4 Å². The van der Waals surface area contributed by atoms with Crippen LogP contribution in [0.25, 0.3) is 0 Å². The third kappa shape index (κ3) is 4.14. The van der Waals surface area contributed by atoms with Crippen molar-refractivity contribution in [3.63, 3.8) is 0 Å². The fraction of sp³-hybridized carbons (Fsp3) is 0.550. The molecule has 3 heterocycles. The first-order chi connectivity index (χ1) is 14.0. The molecule has 0 atom stereocenters. The Labute approximate surface area is 169 Å². The zero-order chi connectivity index (χ0) is 20.4. The predicted octanol–water partition coefficient (Wildman–Crippen LogP) is 2.18. The number of benzene rings is 1. The molecule has 0 aliphatic carbocycles. The Balaban J connectivity index is 1.37. The molecule has 1 aromatic carbocycles. The van der Waals surface area contributed by atoms with Gasteiger partial charge >= 0.3 is 0 Å². The molecule has 1 saturated heterocycles. The fourth-order valence-corrected chi connectivity index (χ4v) is 4.09. The second-order valence-corrected chi connectivity index (χ2v) is 7.82. The molecule has 0 radical (unpaired) electrons. The first kappa shape index (κ1) is 19.5. The van der Waals surface area contributed by atoms with Gasteiger partial charge in [0.1, 0.15) is 11.6 Å². The lowest BCUT2D eigenvalue weighted by atomic mass is 10.1. The Kier molecular flexibility index (Phi) is 5.57. The largest absolute Gasteiger partial charge is 0.336 e. The SMILES string of the molecule is Cc1ccc(C(=O)N2CCN(Cc3nnc4n3CCCCC4)CC2)cc1[N+](=O)[O-]. The van der Waals surface area contributed by atoms with E-state index in [0.717, 1.165) is 44.2 Å². The number of piperazine rings is 1. The number of rotatable bonds is 4. The minimum absolute atomic E-state index is 0.0121. The number of nitro benzene ring substituents is 1. The van der Waals surface area contributed by atoms with E-state index in [9.17, 15) is 14.9 Å². The Hall–Kier alpha value is -2.81. The molecule has 2 aliphatic heterocycles. The second kappa shape index (κ2) is 8.28. The van der Waals surface area contributed by atoms with Gasteiger partial charge < -0.3 is 9.47 Å². The normalized spacial score (nSPS) is 17.6. The average molecular weight is 398 g/mol. The molecule has 0 spiro atoms. The van der Waals surface area contributed by atoms with Gasteiger partial charge in [-0.15, -0.1) is 10.2 Å². The smallest absolute Gasteiger partial charge is 0.273 e. The van der Waals surface area contributed by atoms with Gasteiger partial charge in [-0.3, -0.25) is 19.8 Å². The summed E-state index contributed by atoms with van der Waals surface area (Å²) in [6.45, 7) is 6.11. The van der Waals surface area contributed by atoms with Crippen molar-refractivity contribution in [1.82, 2.24) is 24.6 Å². The van der Waals surface area contributed by atoms with Gasteiger partial charge in [0.2, 0.25) is 0 Å². The van der Waals surface area contributed by atoms with Gasteiger partial charge in [-0.1, -0.05) is 12.5 Å². The lowest BCUT2D eigenvalue weighted by molar-refractivity contribution is -0.385. The maximum atomic E-state index is 12.8. The minimum atomic E-state index is -0.439. The molecule has 4 rings (SSSR count). The van der Waals surface area contributed by atoms with Crippen LogP contribution >= 0.6 is 0 Å². The summed E-state index contributed by atoms with van der Waals surface area (Å²) in [4.78, 5) is 27.6. The fourth-order valence-electron chi connectivity index (χ4n) is 4.09. The number of nitrogens with zero attached hydrogens (tertiary/aromatic N) is 6. The average Bonchev–Trinajstić information content (AvgIpc) is 2.94. The van der Waals surface area contributed by atoms with Crippen LogP contribution in [0.3, 0.4) is 0 Å². The molecule has 9 nitrogen and oxygen atoms in total. The molecule has 0 N–H and O–H groups in total. The van der Waals surface area contributed by atoms with E-state index in [2.05, 4.69) is 19.7 Å². The lowest BCUT2D eigenvalue weighted by Crippen LogP contribution is -2.48. The molecule has 0 bridgehead atoms. The molecule has 0 unspecified atom stereocenters. The van der Waals surface area contributed by atoms with E-state index >= 15 is 0 Å². The Bertz CT molecular complexity index is 917. The first-order valence-corrected chi connectivity index (χ1v) is 10.2. The zero-order valence-corrected chi connectivity index (χ0v) is 16.7. The number of carbonyl (C=O) groups excluding carboxylic acids is 1. The Morgan fingerprint density at radius 1 is 1.10 bits per heavy atom. The van der Waals surface area contributed by atoms with E-state index in [0.29, 0.717) is 24.2 Å². The standard InChI is InChI=1S/C20H26N6O3/c1-15-6-7-16(13-17(15)26(28)29)20(27)24-11-9-23(10-12-24)14-19-22-21-18-5-3-2-4-8-25(18)19/h6-7,13H,2-5,8-12,14H2,1H3. The van der Waals surface area contributed by atoms with E-state index in [4.69, 9.17) is 0 Å². The van der Waals surface area contributed by atoms with Crippen LogP contribution in [0.5, 0.6) is 0 Å². The number of aromatic nitrogens is 3. The Morgan fingerprint density at radius 3 is 2.66 bits per heavy atom.